The number of nitrogens with zero attached hydrogens (tertiary/aromatic N) is 3. The molecule has 4 nitrogen and oxygen atoms in total. The molecule has 2 aliphatic rings. The van der Waals surface area contributed by atoms with Gasteiger partial charge in [0.2, 0.25) is 0 Å². The topological polar surface area (TPSA) is 35.7 Å². The Kier molecular flexibility index (Phi) is 4.95. The summed E-state index contributed by atoms with van der Waals surface area (Å²) in [5, 5.41) is 0. The fraction of sp³-hybridized carbons (Fsp3) is 0.700. The summed E-state index contributed by atoms with van der Waals surface area (Å²) in [6.45, 7) is 9.25. The normalized spacial score (nSPS) is 22.2. The molecule has 0 unspecified atom stereocenters. The van der Waals surface area contributed by atoms with E-state index >= 15 is 0 Å². The van der Waals surface area contributed by atoms with Gasteiger partial charge in [-0.3, -0.25) is 0 Å². The van der Waals surface area contributed by atoms with E-state index in [0.717, 1.165) is 37.9 Å². The summed E-state index contributed by atoms with van der Waals surface area (Å²) in [6, 6.07) is 7.34. The van der Waals surface area contributed by atoms with Crippen molar-refractivity contribution >= 4 is 17.1 Å². The van der Waals surface area contributed by atoms with E-state index in [-0.39, 0.29) is 0 Å². The number of nitrogens with two attached hydrogens (primary N) is 1. The zero-order chi connectivity index (χ0) is 17.3. The fourth-order valence-electron chi connectivity index (χ4n) is 4.00. The molecule has 24 heavy (non-hydrogen) atoms. The molecule has 134 valence electrons. The maximum Gasteiger partial charge on any atom is 0.0620 e. The van der Waals surface area contributed by atoms with Crippen LogP contribution in [0.1, 0.15) is 39.5 Å². The SMILES string of the molecule is CN(C)C1CCN(c2ccc(N)c(N3CCC(C)(C)CC3)c2)CC1. The number of piperidine rings is 2. The molecule has 1 aromatic carbocycles. The summed E-state index contributed by atoms with van der Waals surface area (Å²) in [4.78, 5) is 7.37. The molecule has 3 rings (SSSR count). The van der Waals surface area contributed by atoms with Gasteiger partial charge in [0.05, 0.1) is 11.4 Å². The first-order chi connectivity index (χ1) is 11.4. The molecule has 0 aromatic heterocycles. The van der Waals surface area contributed by atoms with Gasteiger partial charge >= 0.3 is 0 Å². The maximum atomic E-state index is 6.31. The highest BCUT2D eigenvalue weighted by Gasteiger charge is 2.27. The highest BCUT2D eigenvalue weighted by Crippen LogP contribution is 2.36. The van der Waals surface area contributed by atoms with Crippen LogP contribution < -0.4 is 15.5 Å². The van der Waals surface area contributed by atoms with Gasteiger partial charge in [-0.1, -0.05) is 13.8 Å². The zero-order valence-corrected chi connectivity index (χ0v) is 15.9. The lowest BCUT2D eigenvalue weighted by Gasteiger charge is -2.40. The van der Waals surface area contributed by atoms with E-state index in [0.29, 0.717) is 5.41 Å². The lowest BCUT2D eigenvalue weighted by molar-refractivity contribution is 0.249. The predicted octanol–water partition coefficient (Wildman–Crippen LogP) is 3.43. The van der Waals surface area contributed by atoms with Crippen molar-refractivity contribution in [3.8, 4) is 0 Å². The second-order valence-corrected chi connectivity index (χ2v) is 8.58. The lowest BCUT2D eigenvalue weighted by atomic mass is 9.82. The molecular weight excluding hydrogens is 296 g/mol. The molecule has 2 heterocycles. The largest absolute Gasteiger partial charge is 0.397 e. The van der Waals surface area contributed by atoms with Gasteiger partial charge < -0.3 is 20.4 Å². The smallest absolute Gasteiger partial charge is 0.0620 e. The van der Waals surface area contributed by atoms with Crippen LogP contribution in [0, 0.1) is 5.41 Å². The van der Waals surface area contributed by atoms with E-state index < -0.39 is 0 Å². The first-order valence-corrected chi connectivity index (χ1v) is 9.42. The molecule has 0 atom stereocenters. The quantitative estimate of drug-likeness (QED) is 0.862. The van der Waals surface area contributed by atoms with E-state index in [1.165, 1.54) is 37.1 Å². The van der Waals surface area contributed by atoms with Crippen molar-refractivity contribution in [1.29, 1.82) is 0 Å². The van der Waals surface area contributed by atoms with Gasteiger partial charge in [-0.05, 0) is 63.4 Å². The van der Waals surface area contributed by atoms with Crippen molar-refractivity contribution in [2.24, 2.45) is 5.41 Å². The van der Waals surface area contributed by atoms with Gasteiger partial charge in [-0.25, -0.2) is 0 Å². The number of nitrogen functional groups attached to an aromatic ring is 1. The number of hydrogen-bond acceptors (Lipinski definition) is 4. The third-order valence-electron chi connectivity index (χ3n) is 6.03. The van der Waals surface area contributed by atoms with E-state index in [1.54, 1.807) is 0 Å². The van der Waals surface area contributed by atoms with E-state index in [2.05, 4.69) is 60.8 Å². The van der Waals surface area contributed by atoms with Crippen molar-refractivity contribution in [1.82, 2.24) is 4.90 Å². The zero-order valence-electron chi connectivity index (χ0n) is 15.9. The minimum Gasteiger partial charge on any atom is -0.397 e. The molecule has 4 heteroatoms. The van der Waals surface area contributed by atoms with Crippen LogP contribution in [-0.2, 0) is 0 Å². The molecule has 0 aliphatic carbocycles. The van der Waals surface area contributed by atoms with E-state index in [4.69, 9.17) is 5.73 Å². The van der Waals surface area contributed by atoms with E-state index in [9.17, 15) is 0 Å². The summed E-state index contributed by atoms with van der Waals surface area (Å²) in [5.41, 5.74) is 10.3. The van der Waals surface area contributed by atoms with Gasteiger partial charge in [0.1, 0.15) is 0 Å². The Labute approximate surface area is 147 Å². The first-order valence-electron chi connectivity index (χ1n) is 9.42. The van der Waals surface area contributed by atoms with Crippen LogP contribution in [0.4, 0.5) is 17.1 Å². The van der Waals surface area contributed by atoms with Crippen LogP contribution in [0.3, 0.4) is 0 Å². The molecular formula is C20H34N4. The monoisotopic (exact) mass is 330 g/mol. The predicted molar refractivity (Wildman–Crippen MR) is 105 cm³/mol. The second-order valence-electron chi connectivity index (χ2n) is 8.58. The number of anilines is 3. The van der Waals surface area contributed by atoms with Crippen LogP contribution in [-0.4, -0.2) is 51.2 Å². The number of rotatable bonds is 3. The number of benzene rings is 1. The molecule has 0 radical (unpaired) electrons. The molecule has 0 saturated carbocycles. The molecule has 0 bridgehead atoms. The van der Waals surface area contributed by atoms with Gasteiger partial charge in [0.25, 0.3) is 0 Å². The Balaban J connectivity index is 1.71. The van der Waals surface area contributed by atoms with Crippen LogP contribution in [0.2, 0.25) is 0 Å². The van der Waals surface area contributed by atoms with Crippen molar-refractivity contribution in [3.63, 3.8) is 0 Å². The third kappa shape index (κ3) is 3.80. The summed E-state index contributed by atoms with van der Waals surface area (Å²) < 4.78 is 0. The molecule has 0 amide bonds. The molecule has 2 N–H and O–H groups in total. The highest BCUT2D eigenvalue weighted by atomic mass is 15.2. The number of hydrogen-bond donors (Lipinski definition) is 1. The Morgan fingerprint density at radius 2 is 1.62 bits per heavy atom. The molecule has 0 spiro atoms. The summed E-state index contributed by atoms with van der Waals surface area (Å²) >= 11 is 0. The Morgan fingerprint density at radius 1 is 1.00 bits per heavy atom. The Hall–Kier alpha value is -1.42. The standard InChI is InChI=1S/C20H34N4/c1-20(2)9-13-24(14-10-20)19-15-17(5-6-18(19)21)23-11-7-16(8-12-23)22(3)4/h5-6,15-16H,7-14,21H2,1-4H3. The summed E-state index contributed by atoms with van der Waals surface area (Å²) in [6.07, 6.45) is 4.96. The van der Waals surface area contributed by atoms with Crippen LogP contribution >= 0.6 is 0 Å². The van der Waals surface area contributed by atoms with E-state index in [1.807, 2.05) is 0 Å². The minimum atomic E-state index is 0.469. The first kappa shape index (κ1) is 17.4. The van der Waals surface area contributed by atoms with Crippen molar-refractivity contribution < 1.29 is 0 Å². The molecule has 2 fully saturated rings. The second kappa shape index (κ2) is 6.83. The van der Waals surface area contributed by atoms with Crippen molar-refractivity contribution in [2.75, 3.05) is 55.8 Å². The van der Waals surface area contributed by atoms with Crippen LogP contribution in [0.25, 0.3) is 0 Å². The highest BCUT2D eigenvalue weighted by molar-refractivity contribution is 5.73. The average molecular weight is 331 g/mol. The van der Waals surface area contributed by atoms with Gasteiger partial charge in [0, 0.05) is 37.9 Å². The van der Waals surface area contributed by atoms with Gasteiger partial charge in [0.15, 0.2) is 0 Å². The van der Waals surface area contributed by atoms with Crippen LogP contribution in [0.15, 0.2) is 18.2 Å². The lowest BCUT2D eigenvalue weighted by Crippen LogP contribution is -2.42. The fourth-order valence-corrected chi connectivity index (χ4v) is 4.00. The summed E-state index contributed by atoms with van der Waals surface area (Å²) in [5.74, 6) is 0. The maximum absolute atomic E-state index is 6.31. The Morgan fingerprint density at radius 3 is 2.21 bits per heavy atom. The van der Waals surface area contributed by atoms with Crippen molar-refractivity contribution in [2.45, 2.75) is 45.6 Å². The molecule has 1 aromatic rings. The minimum absolute atomic E-state index is 0.469. The Bertz CT molecular complexity index is 549. The van der Waals surface area contributed by atoms with Gasteiger partial charge in [-0.15, -0.1) is 0 Å². The van der Waals surface area contributed by atoms with Gasteiger partial charge in [-0.2, -0.15) is 0 Å². The molecule has 2 saturated heterocycles. The van der Waals surface area contributed by atoms with Crippen LogP contribution in [0.5, 0.6) is 0 Å². The summed E-state index contributed by atoms with van der Waals surface area (Å²) in [7, 11) is 4.39. The molecule has 2 aliphatic heterocycles. The average Bonchev–Trinajstić information content (AvgIpc) is 2.56. The van der Waals surface area contributed by atoms with Crippen molar-refractivity contribution in [3.05, 3.63) is 18.2 Å². The third-order valence-corrected chi connectivity index (χ3v) is 6.03.